The number of nitrogens with zero attached hydrogens (tertiary/aromatic N) is 2. The zero-order valence-electron chi connectivity index (χ0n) is 23.5. The average molecular weight is 586 g/mol. The lowest BCUT2D eigenvalue weighted by atomic mass is 10.1. The number of methoxy groups -OCH3 is 4. The molecule has 0 radical (unpaired) electrons. The van der Waals surface area contributed by atoms with Crippen molar-refractivity contribution in [2.45, 2.75) is 18.7 Å². The quantitative estimate of drug-likeness (QED) is 0.154. The van der Waals surface area contributed by atoms with E-state index < -0.39 is 28.6 Å². The van der Waals surface area contributed by atoms with Gasteiger partial charge >= 0.3 is 6.16 Å². The zero-order valence-corrected chi connectivity index (χ0v) is 24.3. The lowest BCUT2D eigenvalue weighted by Crippen LogP contribution is -2.39. The summed E-state index contributed by atoms with van der Waals surface area (Å²) in [7, 11) is 1.19. The van der Waals surface area contributed by atoms with Crippen molar-refractivity contribution in [3.63, 3.8) is 0 Å². The minimum atomic E-state index is -4.23. The van der Waals surface area contributed by atoms with Crippen molar-refractivity contribution in [3.05, 3.63) is 71.3 Å². The first-order valence-corrected chi connectivity index (χ1v) is 13.5. The van der Waals surface area contributed by atoms with Crippen LogP contribution in [0.4, 0.5) is 10.5 Å². The highest BCUT2D eigenvalue weighted by Crippen LogP contribution is 2.33. The number of carbonyl (C=O) groups excluding carboxylic acids is 2. The topological polar surface area (TPSA) is 142 Å². The molecule has 41 heavy (non-hydrogen) atoms. The molecule has 0 aliphatic carbocycles. The summed E-state index contributed by atoms with van der Waals surface area (Å²) < 4.78 is 53.8. The second kappa shape index (κ2) is 13.5. The van der Waals surface area contributed by atoms with Crippen molar-refractivity contribution < 1.29 is 41.7 Å². The number of amides is 1. The lowest BCUT2D eigenvalue weighted by molar-refractivity contribution is -0.119. The van der Waals surface area contributed by atoms with Gasteiger partial charge < -0.3 is 23.7 Å². The van der Waals surface area contributed by atoms with Crippen molar-refractivity contribution in [1.82, 2.24) is 5.43 Å². The van der Waals surface area contributed by atoms with Crippen LogP contribution in [0.3, 0.4) is 0 Å². The fourth-order valence-corrected chi connectivity index (χ4v) is 5.26. The third-order valence-corrected chi connectivity index (χ3v) is 7.45. The minimum Gasteiger partial charge on any atom is -0.493 e. The molecule has 0 aliphatic heterocycles. The maximum Gasteiger partial charge on any atom is 0.513 e. The van der Waals surface area contributed by atoms with Crippen molar-refractivity contribution >= 4 is 34.0 Å². The van der Waals surface area contributed by atoms with Crippen LogP contribution in [0.1, 0.15) is 16.7 Å². The molecule has 0 aliphatic rings. The van der Waals surface area contributed by atoms with Gasteiger partial charge in [-0.25, -0.2) is 18.6 Å². The summed E-state index contributed by atoms with van der Waals surface area (Å²) >= 11 is 0. The molecule has 0 heterocycles. The Labute approximate surface area is 238 Å². The van der Waals surface area contributed by atoms with Crippen molar-refractivity contribution in [2.24, 2.45) is 5.10 Å². The average Bonchev–Trinajstić information content (AvgIpc) is 2.95. The van der Waals surface area contributed by atoms with Gasteiger partial charge in [-0.05, 0) is 73.0 Å². The van der Waals surface area contributed by atoms with E-state index in [0.29, 0.717) is 17.0 Å². The smallest absolute Gasteiger partial charge is 0.493 e. The lowest BCUT2D eigenvalue weighted by Gasteiger charge is -2.25. The molecular formula is C28H31N3O9S. The number of hydrazone groups is 1. The molecule has 0 aromatic heterocycles. The molecule has 0 saturated heterocycles. The molecule has 0 spiro atoms. The first-order chi connectivity index (χ1) is 19.5. The van der Waals surface area contributed by atoms with E-state index in [1.807, 2.05) is 19.9 Å². The van der Waals surface area contributed by atoms with Gasteiger partial charge in [-0.1, -0.05) is 6.07 Å². The van der Waals surface area contributed by atoms with Crippen LogP contribution in [0.5, 0.6) is 23.0 Å². The van der Waals surface area contributed by atoms with Gasteiger partial charge in [-0.15, -0.1) is 0 Å². The first kappa shape index (κ1) is 30.8. The van der Waals surface area contributed by atoms with E-state index in [-0.39, 0.29) is 22.1 Å². The Morgan fingerprint density at radius 1 is 0.829 bits per heavy atom. The summed E-state index contributed by atoms with van der Waals surface area (Å²) in [5.41, 5.74) is 4.80. The molecule has 3 aromatic rings. The minimum absolute atomic E-state index is 0.0908. The molecule has 0 bridgehead atoms. The van der Waals surface area contributed by atoms with Crippen molar-refractivity contribution in [3.8, 4) is 23.0 Å². The number of carbonyl (C=O) groups is 2. The molecule has 218 valence electrons. The van der Waals surface area contributed by atoms with Crippen molar-refractivity contribution in [2.75, 3.05) is 39.3 Å². The van der Waals surface area contributed by atoms with E-state index in [0.717, 1.165) is 15.4 Å². The van der Waals surface area contributed by atoms with E-state index in [9.17, 15) is 18.0 Å². The molecule has 13 heteroatoms. The van der Waals surface area contributed by atoms with E-state index in [4.69, 9.17) is 18.9 Å². The summed E-state index contributed by atoms with van der Waals surface area (Å²) in [6.45, 7) is 3.10. The number of sulfonamides is 1. The standard InChI is InChI=1S/C28H31N3O9S/c1-18-11-19(2)13-21(12-18)31(41(34,35)22-8-10-23(36-3)26(15-22)38-5)17-27(32)30-29-16-20-7-9-24(25(14-20)37-4)40-28(33)39-6/h7-16H,17H2,1-6H3,(H,30,32)/b29-16-. The van der Waals surface area contributed by atoms with Crippen LogP contribution in [-0.2, 0) is 19.6 Å². The fraction of sp³-hybridized carbons (Fsp3) is 0.250. The molecule has 1 N–H and O–H groups in total. The summed E-state index contributed by atoms with van der Waals surface area (Å²) in [5.74, 6) is 0.249. The molecule has 0 saturated carbocycles. The van der Waals surface area contributed by atoms with Crippen LogP contribution >= 0.6 is 0 Å². The van der Waals surface area contributed by atoms with Crippen LogP contribution in [0.15, 0.2) is 64.6 Å². The molecule has 0 fully saturated rings. The van der Waals surface area contributed by atoms with Gasteiger partial charge in [0.25, 0.3) is 15.9 Å². The maximum absolute atomic E-state index is 13.8. The highest BCUT2D eigenvalue weighted by molar-refractivity contribution is 7.92. The van der Waals surface area contributed by atoms with Gasteiger partial charge in [-0.2, -0.15) is 5.10 Å². The zero-order chi connectivity index (χ0) is 30.2. The highest BCUT2D eigenvalue weighted by atomic mass is 32.2. The third kappa shape index (κ3) is 7.66. The molecule has 0 atom stereocenters. The number of ether oxygens (including phenoxy) is 5. The van der Waals surface area contributed by atoms with Crippen LogP contribution in [-0.4, -0.2) is 61.7 Å². The Balaban J connectivity index is 1.87. The highest BCUT2D eigenvalue weighted by Gasteiger charge is 2.28. The summed E-state index contributed by atoms with van der Waals surface area (Å²) in [5, 5.41) is 3.94. The number of benzene rings is 3. The van der Waals surface area contributed by atoms with Gasteiger partial charge in [0.15, 0.2) is 23.0 Å². The third-order valence-electron chi connectivity index (χ3n) is 5.68. The van der Waals surface area contributed by atoms with Crippen LogP contribution < -0.4 is 28.7 Å². The van der Waals surface area contributed by atoms with E-state index >= 15 is 0 Å². The number of hydrogen-bond donors (Lipinski definition) is 1. The normalized spacial score (nSPS) is 11.1. The molecule has 3 rings (SSSR count). The van der Waals surface area contributed by atoms with Crippen LogP contribution in [0.2, 0.25) is 0 Å². The Morgan fingerprint density at radius 3 is 2.05 bits per heavy atom. The van der Waals surface area contributed by atoms with Crippen LogP contribution in [0.25, 0.3) is 0 Å². The van der Waals surface area contributed by atoms with Gasteiger partial charge in [0.05, 0.1) is 45.2 Å². The summed E-state index contributed by atoms with van der Waals surface area (Å²) in [6.07, 6.45) is 0.417. The Morgan fingerprint density at radius 2 is 1.44 bits per heavy atom. The molecule has 1 amide bonds. The first-order valence-electron chi connectivity index (χ1n) is 12.1. The summed E-state index contributed by atoms with van der Waals surface area (Å²) in [4.78, 5) is 24.3. The Kier molecular flexibility index (Phi) is 10.1. The fourth-order valence-electron chi connectivity index (χ4n) is 3.84. The van der Waals surface area contributed by atoms with Crippen LogP contribution in [0, 0.1) is 13.8 Å². The summed E-state index contributed by atoms with van der Waals surface area (Å²) in [6, 6.07) is 14.0. The SMILES string of the molecule is COC(=O)Oc1ccc(/C=N\NC(=O)CN(c2cc(C)cc(C)c2)S(=O)(=O)c2ccc(OC)c(OC)c2)cc1OC. The van der Waals surface area contributed by atoms with Crippen molar-refractivity contribution in [1.29, 1.82) is 0 Å². The van der Waals surface area contributed by atoms with Gasteiger partial charge in [0, 0.05) is 6.07 Å². The second-order valence-corrected chi connectivity index (χ2v) is 10.5. The van der Waals surface area contributed by atoms with E-state index in [1.165, 1.54) is 65.0 Å². The predicted octanol–water partition coefficient (Wildman–Crippen LogP) is 3.82. The second-order valence-electron chi connectivity index (χ2n) is 8.63. The Bertz CT molecular complexity index is 1540. The van der Waals surface area contributed by atoms with Gasteiger partial charge in [0.1, 0.15) is 6.54 Å². The van der Waals surface area contributed by atoms with E-state index in [1.54, 1.807) is 18.2 Å². The molecule has 0 unspecified atom stereocenters. The Hall–Kier alpha value is -4.78. The van der Waals surface area contributed by atoms with E-state index in [2.05, 4.69) is 15.3 Å². The molecular weight excluding hydrogens is 554 g/mol. The molecule has 3 aromatic carbocycles. The number of nitrogens with one attached hydrogen (secondary N) is 1. The predicted molar refractivity (Wildman–Crippen MR) is 152 cm³/mol. The number of rotatable bonds is 11. The number of hydrogen-bond acceptors (Lipinski definition) is 10. The van der Waals surface area contributed by atoms with Gasteiger partial charge in [0.2, 0.25) is 0 Å². The number of aryl methyl sites for hydroxylation is 2. The maximum atomic E-state index is 13.8. The largest absolute Gasteiger partial charge is 0.513 e. The number of anilines is 1. The van der Waals surface area contributed by atoms with Gasteiger partial charge in [-0.3, -0.25) is 9.10 Å². The monoisotopic (exact) mass is 585 g/mol. The molecule has 12 nitrogen and oxygen atoms in total.